The topological polar surface area (TPSA) is 64.0 Å². The second-order valence-electron chi connectivity index (χ2n) is 8.97. The fourth-order valence-electron chi connectivity index (χ4n) is 4.85. The number of amides is 1. The van der Waals surface area contributed by atoms with Crippen LogP contribution in [0, 0.1) is 6.92 Å². The maximum Gasteiger partial charge on any atom is 0.263 e. The summed E-state index contributed by atoms with van der Waals surface area (Å²) < 4.78 is 1.72. The van der Waals surface area contributed by atoms with Gasteiger partial charge in [-0.25, -0.2) is 4.98 Å². The molecular formula is C27H29N3O2S2. The van der Waals surface area contributed by atoms with E-state index in [9.17, 15) is 9.59 Å². The van der Waals surface area contributed by atoms with Crippen molar-refractivity contribution >= 4 is 35.1 Å². The summed E-state index contributed by atoms with van der Waals surface area (Å²) >= 11 is 3.08. The third-order valence-electron chi connectivity index (χ3n) is 6.74. The Morgan fingerprint density at radius 3 is 2.68 bits per heavy atom. The molecule has 1 aromatic heterocycles. The molecule has 3 aromatic rings. The number of carbonyl (C=O) groups excluding carboxylic acids is 1. The number of carbonyl (C=O) groups is 1. The van der Waals surface area contributed by atoms with Crippen molar-refractivity contribution < 1.29 is 4.79 Å². The molecule has 2 atom stereocenters. The lowest BCUT2D eigenvalue weighted by atomic mass is 9.85. The van der Waals surface area contributed by atoms with Gasteiger partial charge in [0.2, 0.25) is 5.91 Å². The second-order valence-corrected chi connectivity index (χ2v) is 11.1. The number of hydrogen-bond donors (Lipinski definition) is 1. The molecule has 0 spiro atoms. The van der Waals surface area contributed by atoms with E-state index in [1.54, 1.807) is 16.3 Å². The molecule has 0 saturated heterocycles. The molecule has 0 radical (unpaired) electrons. The molecule has 1 amide bonds. The van der Waals surface area contributed by atoms with Gasteiger partial charge in [0.05, 0.1) is 17.0 Å². The van der Waals surface area contributed by atoms with E-state index in [1.165, 1.54) is 30.2 Å². The molecule has 7 heteroatoms. The number of nitrogens with zero attached hydrogens (tertiary/aromatic N) is 2. The van der Waals surface area contributed by atoms with E-state index in [0.717, 1.165) is 46.8 Å². The lowest BCUT2D eigenvalue weighted by molar-refractivity contribution is -0.113. The van der Waals surface area contributed by atoms with Crippen molar-refractivity contribution in [2.45, 2.75) is 67.3 Å². The van der Waals surface area contributed by atoms with Crippen LogP contribution in [-0.2, 0) is 11.2 Å². The fourth-order valence-corrected chi connectivity index (χ4v) is 7.23. The highest BCUT2D eigenvalue weighted by molar-refractivity contribution is 8.00. The van der Waals surface area contributed by atoms with Crippen LogP contribution in [0.1, 0.15) is 55.2 Å². The smallest absolute Gasteiger partial charge is 0.263 e. The van der Waals surface area contributed by atoms with Crippen LogP contribution < -0.4 is 10.9 Å². The Kier molecular flexibility index (Phi) is 6.84. The van der Waals surface area contributed by atoms with Gasteiger partial charge in [-0.15, -0.1) is 11.8 Å². The third kappa shape index (κ3) is 4.56. The molecule has 0 unspecified atom stereocenters. The lowest BCUT2D eigenvalue weighted by Gasteiger charge is -2.24. The minimum Gasteiger partial charge on any atom is -0.325 e. The Morgan fingerprint density at radius 2 is 1.91 bits per heavy atom. The Hall–Kier alpha value is -2.51. The van der Waals surface area contributed by atoms with E-state index in [1.807, 2.05) is 43.3 Å². The van der Waals surface area contributed by atoms with Gasteiger partial charge in [0.1, 0.15) is 5.03 Å². The summed E-state index contributed by atoms with van der Waals surface area (Å²) in [5.74, 6) is 0.367. The maximum atomic E-state index is 13.9. The first-order chi connectivity index (χ1) is 16.5. The monoisotopic (exact) mass is 491 g/mol. The molecule has 0 bridgehead atoms. The van der Waals surface area contributed by atoms with Crippen LogP contribution >= 0.6 is 23.5 Å². The Labute approximate surface area is 208 Å². The van der Waals surface area contributed by atoms with Crippen LogP contribution in [0.15, 0.2) is 63.5 Å². The quantitative estimate of drug-likeness (QED) is 0.262. The van der Waals surface area contributed by atoms with Crippen LogP contribution in [0.3, 0.4) is 0 Å². The largest absolute Gasteiger partial charge is 0.325 e. The van der Waals surface area contributed by atoms with Crippen molar-refractivity contribution in [3.63, 3.8) is 0 Å². The highest BCUT2D eigenvalue weighted by Crippen LogP contribution is 2.50. The molecule has 2 aliphatic rings. The third-order valence-corrected chi connectivity index (χ3v) is 9.08. The van der Waals surface area contributed by atoms with Gasteiger partial charge in [0.25, 0.3) is 5.56 Å². The molecule has 5 rings (SSSR count). The molecule has 1 fully saturated rings. The molecule has 1 saturated carbocycles. The molecule has 5 nitrogen and oxygen atoms in total. The summed E-state index contributed by atoms with van der Waals surface area (Å²) in [6, 6.07) is 15.8. The van der Waals surface area contributed by atoms with E-state index >= 15 is 0 Å². The van der Waals surface area contributed by atoms with Crippen molar-refractivity contribution in [1.29, 1.82) is 0 Å². The minimum absolute atomic E-state index is 0.0259. The van der Waals surface area contributed by atoms with Gasteiger partial charge in [0.15, 0.2) is 5.16 Å². The first-order valence-corrected chi connectivity index (χ1v) is 13.8. The summed E-state index contributed by atoms with van der Waals surface area (Å²) in [4.78, 5) is 31.6. The Balaban J connectivity index is 1.48. The predicted molar refractivity (Wildman–Crippen MR) is 141 cm³/mol. The van der Waals surface area contributed by atoms with Crippen molar-refractivity contribution in [2.75, 3.05) is 11.1 Å². The van der Waals surface area contributed by atoms with Crippen molar-refractivity contribution in [3.8, 4) is 5.69 Å². The fraction of sp³-hybridized carbons (Fsp3) is 0.370. The Morgan fingerprint density at radius 1 is 1.15 bits per heavy atom. The zero-order valence-corrected chi connectivity index (χ0v) is 21.2. The predicted octanol–water partition coefficient (Wildman–Crippen LogP) is 5.97. The van der Waals surface area contributed by atoms with E-state index in [2.05, 4.69) is 24.4 Å². The number of fused-ring (bicyclic) bond motifs is 3. The van der Waals surface area contributed by atoms with Crippen LogP contribution in [0.5, 0.6) is 0 Å². The van der Waals surface area contributed by atoms with Crippen LogP contribution in [0.25, 0.3) is 5.69 Å². The number of anilines is 1. The molecule has 1 aliphatic carbocycles. The van der Waals surface area contributed by atoms with Crippen molar-refractivity contribution in [2.24, 2.45) is 0 Å². The van der Waals surface area contributed by atoms with Gasteiger partial charge in [-0.3, -0.25) is 14.2 Å². The van der Waals surface area contributed by atoms with Crippen molar-refractivity contribution in [1.82, 2.24) is 9.55 Å². The molecule has 2 aromatic carbocycles. The number of benzene rings is 2. The molecule has 2 heterocycles. The Bertz CT molecular complexity index is 1270. The van der Waals surface area contributed by atoms with E-state index < -0.39 is 0 Å². The molecule has 34 heavy (non-hydrogen) atoms. The summed E-state index contributed by atoms with van der Waals surface area (Å²) in [6.07, 6.45) is 5.52. The highest BCUT2D eigenvalue weighted by Gasteiger charge is 2.39. The number of thioether (sulfide) groups is 2. The number of para-hydroxylation sites is 1. The first-order valence-electron chi connectivity index (χ1n) is 12.0. The summed E-state index contributed by atoms with van der Waals surface area (Å²) in [5, 5.41) is 4.88. The van der Waals surface area contributed by atoms with E-state index in [-0.39, 0.29) is 17.2 Å². The number of rotatable bonds is 6. The highest BCUT2D eigenvalue weighted by atomic mass is 32.2. The maximum absolute atomic E-state index is 13.9. The normalized spacial score (nSPS) is 18.9. The van der Waals surface area contributed by atoms with E-state index in [4.69, 9.17) is 4.98 Å². The van der Waals surface area contributed by atoms with Gasteiger partial charge >= 0.3 is 0 Å². The van der Waals surface area contributed by atoms with Crippen LogP contribution in [0.2, 0.25) is 0 Å². The molecule has 1 N–H and O–H groups in total. The van der Waals surface area contributed by atoms with Crippen LogP contribution in [0.4, 0.5) is 5.69 Å². The summed E-state index contributed by atoms with van der Waals surface area (Å²) in [5.41, 5.74) is 4.76. The average Bonchev–Trinajstić information content (AvgIpc) is 3.23. The van der Waals surface area contributed by atoms with Gasteiger partial charge in [-0.1, -0.05) is 61.9 Å². The number of aryl methyl sites for hydroxylation is 2. The van der Waals surface area contributed by atoms with Gasteiger partial charge in [-0.05, 0) is 55.5 Å². The molecular weight excluding hydrogens is 462 g/mol. The molecule has 1 aliphatic heterocycles. The lowest BCUT2D eigenvalue weighted by Crippen LogP contribution is -2.29. The van der Waals surface area contributed by atoms with Crippen LogP contribution in [-0.4, -0.2) is 26.5 Å². The summed E-state index contributed by atoms with van der Waals surface area (Å²) in [7, 11) is 0. The first kappa shape index (κ1) is 23.2. The summed E-state index contributed by atoms with van der Waals surface area (Å²) in [6.45, 7) is 4.09. The number of aromatic nitrogens is 2. The number of nitrogens with one attached hydrogen (secondary N) is 1. The zero-order valence-electron chi connectivity index (χ0n) is 19.5. The minimum atomic E-state index is -0.108. The van der Waals surface area contributed by atoms with Gasteiger partial charge in [-0.2, -0.15) is 0 Å². The second kappa shape index (κ2) is 10.0. The standard InChI is InChI=1S/C27H29N3O2S2/c1-3-18-12-14-19(15-13-18)30-26(32)24-20-9-5-7-11-22(20)34-25(24)29-27(30)33-16-23(31)28-21-10-6-4-8-17(21)2/h4,6,8,10,12-15,20,22H,3,5,7,9,11,16H2,1-2H3,(H,28,31)/t20-,22+/m0/s1. The molecule has 176 valence electrons. The number of hydrogen-bond acceptors (Lipinski definition) is 5. The zero-order chi connectivity index (χ0) is 23.7. The van der Waals surface area contributed by atoms with Gasteiger partial charge in [0, 0.05) is 16.9 Å². The average molecular weight is 492 g/mol. The van der Waals surface area contributed by atoms with Gasteiger partial charge < -0.3 is 5.32 Å². The SMILES string of the molecule is CCc1ccc(-n2c(SCC(=O)Nc3ccccc3C)nc3c(c2=O)[C@H]2CCCC[C@H]2S3)cc1. The van der Waals surface area contributed by atoms with Crippen molar-refractivity contribution in [3.05, 3.63) is 75.6 Å². The van der Waals surface area contributed by atoms with E-state index in [0.29, 0.717) is 16.3 Å².